The average Bonchev–Trinajstić information content (AvgIpc) is 3.63. The molecular weight excluding hydrogens is 675 g/mol. The average molecular weight is 738 g/mol. The normalized spacial score (nSPS) is 47.0. The van der Waals surface area contributed by atoms with Crippen molar-refractivity contribution in [3.8, 4) is 0 Å². The molecule has 13 atom stereocenters. The number of carbonyl (C=O) groups is 2. The number of ether oxygens (including phenoxy) is 3. The number of aliphatic hydroxyl groups excluding tert-OH is 1. The Kier molecular flexibility index (Phi) is 8.65. The molecule has 12 heteroatoms. The lowest BCUT2D eigenvalue weighted by molar-refractivity contribution is -0.185. The number of aliphatic hydroxyl groups is 1. The number of hydrogen-bond acceptors (Lipinski definition) is 7. The van der Waals surface area contributed by atoms with Gasteiger partial charge in [0.1, 0.15) is 12.2 Å². The van der Waals surface area contributed by atoms with Gasteiger partial charge in [-0.25, -0.2) is 9.59 Å². The Morgan fingerprint density at radius 3 is 2.31 bits per heavy atom. The van der Waals surface area contributed by atoms with E-state index in [4.69, 9.17) is 14.2 Å². The molecule has 0 aromatic heterocycles. The van der Waals surface area contributed by atoms with Crippen molar-refractivity contribution >= 4 is 12.2 Å². The summed E-state index contributed by atoms with van der Waals surface area (Å²) in [7, 11) is 0. The molecule has 3 heterocycles. The number of nitrogens with one attached hydrogen (secondary N) is 1. The van der Waals surface area contributed by atoms with E-state index < -0.39 is 24.9 Å². The second-order valence-electron chi connectivity index (χ2n) is 20.0. The van der Waals surface area contributed by atoms with Crippen LogP contribution in [-0.4, -0.2) is 103 Å². The first-order chi connectivity index (χ1) is 24.3. The summed E-state index contributed by atoms with van der Waals surface area (Å²) in [5.74, 6) is 1.39. The summed E-state index contributed by atoms with van der Waals surface area (Å²) in [6.07, 6.45) is 2.17. The van der Waals surface area contributed by atoms with Crippen LogP contribution in [0, 0.1) is 56.7 Å². The second kappa shape index (κ2) is 12.1. The fraction of sp³-hybridized carbons (Fsp3) is 0.950. The summed E-state index contributed by atoms with van der Waals surface area (Å²) in [5, 5.41) is 15.5. The predicted molar refractivity (Wildman–Crippen MR) is 187 cm³/mol. The highest BCUT2D eigenvalue weighted by Crippen LogP contribution is 2.89. The Balaban J connectivity index is 0.965. The molecule has 8 rings (SSSR count). The minimum Gasteiger partial charge on any atom is -0.446 e. The van der Waals surface area contributed by atoms with E-state index in [1.54, 1.807) is 4.90 Å². The number of hydrogen-bond donors (Lipinski definition) is 2. The number of alkyl halides is 3. The van der Waals surface area contributed by atoms with Gasteiger partial charge in [0.25, 0.3) is 0 Å². The van der Waals surface area contributed by atoms with E-state index in [0.717, 1.165) is 70.9 Å². The van der Waals surface area contributed by atoms with Crippen LogP contribution in [0.4, 0.5) is 22.8 Å². The molecule has 0 aromatic carbocycles. The molecule has 3 aliphatic heterocycles. The Hall–Kier alpha value is -1.79. The molecule has 0 aromatic rings. The third-order valence-electron chi connectivity index (χ3n) is 17.1. The van der Waals surface area contributed by atoms with Gasteiger partial charge in [0.2, 0.25) is 0 Å². The van der Waals surface area contributed by atoms with Gasteiger partial charge in [-0.3, -0.25) is 4.90 Å². The highest BCUT2D eigenvalue weighted by atomic mass is 19.4. The lowest BCUT2D eigenvalue weighted by Crippen LogP contribution is -2.62. The van der Waals surface area contributed by atoms with Crippen LogP contribution in [0.5, 0.6) is 0 Å². The van der Waals surface area contributed by atoms with Crippen molar-refractivity contribution < 1.29 is 42.1 Å². The monoisotopic (exact) mass is 737 g/mol. The summed E-state index contributed by atoms with van der Waals surface area (Å²) in [5.41, 5.74) is -0.351. The number of rotatable bonds is 6. The van der Waals surface area contributed by atoms with Gasteiger partial charge in [-0.1, -0.05) is 48.5 Å². The van der Waals surface area contributed by atoms with E-state index in [1.807, 2.05) is 0 Å². The zero-order valence-electron chi connectivity index (χ0n) is 32.3. The molecule has 2 amide bonds. The number of fused-ring (bicyclic) bond motifs is 4. The molecule has 2 N–H and O–H groups in total. The fourth-order valence-electron chi connectivity index (χ4n) is 14.4. The van der Waals surface area contributed by atoms with Crippen molar-refractivity contribution in [1.29, 1.82) is 0 Å². The Bertz CT molecular complexity index is 1440. The van der Waals surface area contributed by atoms with Crippen molar-refractivity contribution in [2.75, 3.05) is 32.7 Å². The summed E-state index contributed by atoms with van der Waals surface area (Å²) in [6.45, 7) is 16.7. The second-order valence-corrected chi connectivity index (χ2v) is 20.0. The minimum absolute atomic E-state index is 0.0826. The highest BCUT2D eigenvalue weighted by Gasteiger charge is 2.84. The highest BCUT2D eigenvalue weighted by molar-refractivity contribution is 5.69. The smallest absolute Gasteiger partial charge is 0.410 e. The van der Waals surface area contributed by atoms with Gasteiger partial charge < -0.3 is 29.5 Å². The minimum atomic E-state index is -4.24. The van der Waals surface area contributed by atoms with Gasteiger partial charge in [0.15, 0.2) is 0 Å². The number of amides is 2. The van der Waals surface area contributed by atoms with Crippen molar-refractivity contribution in [3.63, 3.8) is 0 Å². The molecular formula is C40H62F3N3O6. The summed E-state index contributed by atoms with van der Waals surface area (Å²) in [4.78, 5) is 29.0. The molecule has 0 bridgehead atoms. The van der Waals surface area contributed by atoms with Crippen LogP contribution in [0.15, 0.2) is 0 Å². The fourth-order valence-corrected chi connectivity index (χ4v) is 14.4. The summed E-state index contributed by atoms with van der Waals surface area (Å²) < 4.78 is 57.4. The number of halogens is 3. The zero-order valence-corrected chi connectivity index (χ0v) is 32.3. The quantitative estimate of drug-likeness (QED) is 0.303. The maximum absolute atomic E-state index is 13.0. The van der Waals surface area contributed by atoms with E-state index >= 15 is 0 Å². The van der Waals surface area contributed by atoms with Crippen LogP contribution in [0.3, 0.4) is 0 Å². The lowest BCUT2D eigenvalue weighted by Gasteiger charge is -2.63. The van der Waals surface area contributed by atoms with Crippen molar-refractivity contribution in [2.45, 2.75) is 149 Å². The summed E-state index contributed by atoms with van der Waals surface area (Å²) >= 11 is 0. The molecule has 2 spiro atoms. The van der Waals surface area contributed by atoms with Crippen LogP contribution in [-0.2, 0) is 14.2 Å². The predicted octanol–water partition coefficient (Wildman–Crippen LogP) is 7.01. The first-order valence-electron chi connectivity index (χ1n) is 20.3. The van der Waals surface area contributed by atoms with Gasteiger partial charge in [0, 0.05) is 37.0 Å². The van der Waals surface area contributed by atoms with Crippen molar-refractivity contribution in [2.24, 2.45) is 56.7 Å². The molecule has 3 saturated heterocycles. The van der Waals surface area contributed by atoms with E-state index in [0.29, 0.717) is 17.8 Å². The third-order valence-corrected chi connectivity index (χ3v) is 17.1. The molecule has 8 aliphatic rings. The zero-order chi connectivity index (χ0) is 37.4. The van der Waals surface area contributed by atoms with Crippen LogP contribution >= 0.6 is 0 Å². The molecule has 9 nitrogen and oxygen atoms in total. The van der Waals surface area contributed by atoms with Gasteiger partial charge in [-0.2, -0.15) is 13.2 Å². The standard InChI is InChI=1S/C40H62F3N3O6/c1-22(2)30(52-34(49)46-15-8-16-46)25-17-23(3)29-31(50-25)32(47)37(7)27-10-9-26-35(4,5)28(11-12-38(26)20-39(27,38)14-13-36(29,37)6)51-33(48)44-24-18-45(19-24)21-40(41,42)43/h22-32,47H,8-21H2,1-7H3,(H,44,48). The molecule has 8 fully saturated rings. The number of nitrogens with zero attached hydrogens (tertiary/aromatic N) is 2. The van der Waals surface area contributed by atoms with Crippen LogP contribution < -0.4 is 5.32 Å². The first kappa shape index (κ1) is 37.1. The Morgan fingerprint density at radius 1 is 1.00 bits per heavy atom. The molecule has 13 unspecified atom stereocenters. The molecule has 5 saturated carbocycles. The lowest BCUT2D eigenvalue weighted by atomic mass is 9.41. The molecule has 5 aliphatic carbocycles. The third kappa shape index (κ3) is 5.24. The number of alkyl carbamates (subject to hydrolysis) is 1. The van der Waals surface area contributed by atoms with Gasteiger partial charge in [-0.05, 0) is 104 Å². The Labute approximate surface area is 307 Å². The van der Waals surface area contributed by atoms with Gasteiger partial charge >= 0.3 is 18.4 Å². The van der Waals surface area contributed by atoms with Gasteiger partial charge in [-0.15, -0.1) is 0 Å². The Morgan fingerprint density at radius 2 is 1.67 bits per heavy atom. The number of likely N-dealkylation sites (tertiary alicyclic amines) is 2. The van der Waals surface area contributed by atoms with Crippen molar-refractivity contribution in [1.82, 2.24) is 15.1 Å². The summed E-state index contributed by atoms with van der Waals surface area (Å²) in [6, 6.07) is -0.326. The van der Waals surface area contributed by atoms with Gasteiger partial charge in [0.05, 0.1) is 30.9 Å². The molecule has 52 heavy (non-hydrogen) atoms. The topological polar surface area (TPSA) is 101 Å². The van der Waals surface area contributed by atoms with Crippen LogP contribution in [0.2, 0.25) is 0 Å². The maximum Gasteiger partial charge on any atom is 0.410 e. The van der Waals surface area contributed by atoms with Crippen LogP contribution in [0.25, 0.3) is 0 Å². The maximum atomic E-state index is 13.0. The van der Waals surface area contributed by atoms with E-state index in [9.17, 15) is 27.9 Å². The van der Waals surface area contributed by atoms with E-state index in [2.05, 4.69) is 53.8 Å². The van der Waals surface area contributed by atoms with Crippen molar-refractivity contribution in [3.05, 3.63) is 0 Å². The first-order valence-corrected chi connectivity index (χ1v) is 20.3. The number of carbonyl (C=O) groups excluding carboxylic acids is 2. The van der Waals surface area contributed by atoms with E-state index in [-0.39, 0.29) is 88.6 Å². The van der Waals surface area contributed by atoms with E-state index in [1.165, 1.54) is 4.90 Å². The molecule has 294 valence electrons. The van der Waals surface area contributed by atoms with Crippen LogP contribution in [0.1, 0.15) is 106 Å². The molecule has 0 radical (unpaired) electrons. The SMILES string of the molecule is CC(C)C(OC(=O)N1CCC1)C1CC(C)C2C(O1)C(O)C1(C)C3CCC4C(C)(C)C(OC(=O)NC5CN(CC(F)(F)F)C5)CCC45CC35CCC21C. The largest absolute Gasteiger partial charge is 0.446 e.